The third-order valence-electron chi connectivity index (χ3n) is 5.74. The Morgan fingerprint density at radius 1 is 1.09 bits per heavy atom. The minimum Gasteiger partial charge on any atom is -0.484 e. The van der Waals surface area contributed by atoms with Crippen LogP contribution in [0.25, 0.3) is 0 Å². The molecule has 7 nitrogen and oxygen atoms in total. The molecule has 0 spiro atoms. The molecular weight excluding hydrogens is 426 g/mol. The van der Waals surface area contributed by atoms with Gasteiger partial charge in [-0.15, -0.1) is 11.3 Å². The Hall–Kier alpha value is -3.39. The van der Waals surface area contributed by atoms with Gasteiger partial charge in [0.2, 0.25) is 0 Å². The second-order valence-corrected chi connectivity index (χ2v) is 8.76. The first kappa shape index (κ1) is 20.5. The van der Waals surface area contributed by atoms with Crippen LogP contribution in [0, 0.1) is 0 Å². The standard InChI is InChI=1S/C24H23N3O4S/c28-23(26-11-1-2-12-26)16-31-18-9-7-17(8-10-18)20-15-19(21-5-3-13-30-21)25-27(20)24(29)22-6-4-14-32-22/h3-10,13-14,20H,1-2,11-12,15-16H2. The SMILES string of the molecule is O=C(COc1ccc(C2CC(c3ccco3)=NN2C(=O)c2cccs2)cc1)N1CCCC1. The Labute approximate surface area is 189 Å². The zero-order valence-corrected chi connectivity index (χ0v) is 18.3. The second kappa shape index (κ2) is 9.00. The molecule has 0 aliphatic carbocycles. The molecule has 32 heavy (non-hydrogen) atoms. The number of carbonyl (C=O) groups is 2. The number of nitrogens with zero attached hydrogens (tertiary/aromatic N) is 3. The molecule has 1 saturated heterocycles. The van der Waals surface area contributed by atoms with E-state index < -0.39 is 0 Å². The Kier molecular flexibility index (Phi) is 5.77. The van der Waals surface area contributed by atoms with Crippen molar-refractivity contribution < 1.29 is 18.7 Å². The van der Waals surface area contributed by atoms with Crippen molar-refractivity contribution in [1.82, 2.24) is 9.91 Å². The fourth-order valence-electron chi connectivity index (χ4n) is 4.05. The van der Waals surface area contributed by atoms with Gasteiger partial charge in [0.05, 0.1) is 17.2 Å². The predicted octanol–water partition coefficient (Wildman–Crippen LogP) is 4.33. The molecule has 1 unspecified atom stereocenters. The summed E-state index contributed by atoms with van der Waals surface area (Å²) in [5, 5.41) is 8.02. The third-order valence-corrected chi connectivity index (χ3v) is 6.60. The Balaban J connectivity index is 1.31. The van der Waals surface area contributed by atoms with Gasteiger partial charge >= 0.3 is 0 Å². The van der Waals surface area contributed by atoms with E-state index in [0.717, 1.165) is 37.2 Å². The maximum absolute atomic E-state index is 13.1. The van der Waals surface area contributed by atoms with Crippen molar-refractivity contribution in [2.24, 2.45) is 5.10 Å². The monoisotopic (exact) mass is 449 g/mol. The highest BCUT2D eigenvalue weighted by atomic mass is 32.1. The lowest BCUT2D eigenvalue weighted by atomic mass is 10.0. The summed E-state index contributed by atoms with van der Waals surface area (Å²) in [5.74, 6) is 1.18. The van der Waals surface area contributed by atoms with Crippen molar-refractivity contribution >= 4 is 28.9 Å². The molecule has 8 heteroatoms. The van der Waals surface area contributed by atoms with Crippen LogP contribution in [0.3, 0.4) is 0 Å². The van der Waals surface area contributed by atoms with Crippen LogP contribution in [-0.4, -0.2) is 47.1 Å². The molecule has 2 amide bonds. The zero-order chi connectivity index (χ0) is 21.9. The summed E-state index contributed by atoms with van der Waals surface area (Å²) >= 11 is 1.40. The molecule has 5 rings (SSSR count). The van der Waals surface area contributed by atoms with Crippen molar-refractivity contribution in [1.29, 1.82) is 0 Å². The molecule has 2 aliphatic heterocycles. The van der Waals surface area contributed by atoms with Gasteiger partial charge < -0.3 is 14.1 Å². The molecule has 1 aromatic carbocycles. The quantitative estimate of drug-likeness (QED) is 0.561. The smallest absolute Gasteiger partial charge is 0.284 e. The number of thiophene rings is 1. The molecule has 2 aliphatic rings. The van der Waals surface area contributed by atoms with E-state index in [0.29, 0.717) is 22.8 Å². The van der Waals surface area contributed by atoms with Crippen LogP contribution in [0.2, 0.25) is 0 Å². The van der Waals surface area contributed by atoms with Crippen molar-refractivity contribution in [3.05, 3.63) is 76.4 Å². The van der Waals surface area contributed by atoms with E-state index in [1.807, 2.05) is 52.7 Å². The number of carbonyl (C=O) groups excluding carboxylic acids is 2. The van der Waals surface area contributed by atoms with E-state index in [1.54, 1.807) is 12.3 Å². The number of rotatable bonds is 6. The number of amides is 2. The van der Waals surface area contributed by atoms with E-state index in [-0.39, 0.29) is 24.5 Å². The van der Waals surface area contributed by atoms with Gasteiger partial charge in [-0.05, 0) is 54.1 Å². The fraction of sp³-hybridized carbons (Fsp3) is 0.292. The number of furan rings is 1. The van der Waals surface area contributed by atoms with Crippen molar-refractivity contribution in [2.45, 2.75) is 25.3 Å². The molecule has 3 aromatic rings. The van der Waals surface area contributed by atoms with Crippen LogP contribution < -0.4 is 4.74 Å². The van der Waals surface area contributed by atoms with Crippen molar-refractivity contribution in [2.75, 3.05) is 19.7 Å². The normalized spacial score (nSPS) is 18.1. The number of ether oxygens (including phenoxy) is 1. The van der Waals surface area contributed by atoms with Crippen molar-refractivity contribution in [3.63, 3.8) is 0 Å². The third kappa shape index (κ3) is 4.18. The van der Waals surface area contributed by atoms with Crippen LogP contribution in [0.4, 0.5) is 0 Å². The van der Waals surface area contributed by atoms with Gasteiger partial charge in [0.1, 0.15) is 17.2 Å². The van der Waals surface area contributed by atoms with Crippen molar-refractivity contribution in [3.8, 4) is 5.75 Å². The first-order valence-electron chi connectivity index (χ1n) is 10.7. The van der Waals surface area contributed by atoms with Crippen LogP contribution in [0.15, 0.2) is 69.7 Å². The van der Waals surface area contributed by atoms with E-state index in [9.17, 15) is 9.59 Å². The molecular formula is C24H23N3O4S. The van der Waals surface area contributed by atoms with Crippen LogP contribution in [-0.2, 0) is 4.79 Å². The molecule has 0 radical (unpaired) electrons. The summed E-state index contributed by atoms with van der Waals surface area (Å²) < 4.78 is 11.2. The van der Waals surface area contributed by atoms with Gasteiger partial charge in [-0.25, -0.2) is 5.01 Å². The van der Waals surface area contributed by atoms with E-state index >= 15 is 0 Å². The molecule has 164 valence electrons. The van der Waals surface area contributed by atoms with E-state index in [4.69, 9.17) is 9.15 Å². The average Bonchev–Trinajstić information content (AvgIpc) is 3.64. The highest BCUT2D eigenvalue weighted by molar-refractivity contribution is 7.12. The number of benzene rings is 1. The molecule has 0 saturated carbocycles. The molecule has 4 heterocycles. The summed E-state index contributed by atoms with van der Waals surface area (Å²) in [6.45, 7) is 1.67. The molecule has 1 fully saturated rings. The lowest BCUT2D eigenvalue weighted by molar-refractivity contribution is -0.132. The maximum atomic E-state index is 13.1. The largest absolute Gasteiger partial charge is 0.484 e. The Bertz CT molecular complexity index is 1100. The molecule has 1 atom stereocenters. The average molecular weight is 450 g/mol. The van der Waals surface area contributed by atoms with Gasteiger partial charge in [0, 0.05) is 19.5 Å². The summed E-state index contributed by atoms with van der Waals surface area (Å²) in [6, 6.07) is 14.6. The summed E-state index contributed by atoms with van der Waals surface area (Å²) in [4.78, 5) is 27.8. The highest BCUT2D eigenvalue weighted by Crippen LogP contribution is 2.35. The first-order valence-corrected chi connectivity index (χ1v) is 11.6. The van der Waals surface area contributed by atoms with Gasteiger partial charge in [-0.1, -0.05) is 18.2 Å². The van der Waals surface area contributed by atoms with Gasteiger partial charge in [0.15, 0.2) is 6.61 Å². The summed E-state index contributed by atoms with van der Waals surface area (Å²) in [7, 11) is 0. The highest BCUT2D eigenvalue weighted by Gasteiger charge is 2.35. The maximum Gasteiger partial charge on any atom is 0.284 e. The molecule has 0 bridgehead atoms. The second-order valence-electron chi connectivity index (χ2n) is 7.82. The van der Waals surface area contributed by atoms with Gasteiger partial charge in [0.25, 0.3) is 11.8 Å². The van der Waals surface area contributed by atoms with Crippen LogP contribution >= 0.6 is 11.3 Å². The summed E-state index contributed by atoms with van der Waals surface area (Å²) in [6.07, 6.45) is 4.28. The topological polar surface area (TPSA) is 75.3 Å². The number of hydrogen-bond donors (Lipinski definition) is 0. The molecule has 0 N–H and O–H groups in total. The minimum atomic E-state index is -0.245. The minimum absolute atomic E-state index is 0.0200. The van der Waals surface area contributed by atoms with Gasteiger partial charge in [-0.2, -0.15) is 5.10 Å². The predicted molar refractivity (Wildman–Crippen MR) is 121 cm³/mol. The Morgan fingerprint density at radius 2 is 1.91 bits per heavy atom. The number of hydrogen-bond acceptors (Lipinski definition) is 6. The fourth-order valence-corrected chi connectivity index (χ4v) is 4.71. The lowest BCUT2D eigenvalue weighted by Crippen LogP contribution is -2.32. The molecule has 2 aromatic heterocycles. The number of hydrazone groups is 1. The first-order chi connectivity index (χ1) is 15.7. The van der Waals surface area contributed by atoms with E-state index in [2.05, 4.69) is 5.10 Å². The number of likely N-dealkylation sites (tertiary alicyclic amines) is 1. The Morgan fingerprint density at radius 3 is 2.59 bits per heavy atom. The van der Waals surface area contributed by atoms with Crippen LogP contribution in [0.5, 0.6) is 5.75 Å². The lowest BCUT2D eigenvalue weighted by Gasteiger charge is -2.22. The van der Waals surface area contributed by atoms with Crippen LogP contribution in [0.1, 0.15) is 46.3 Å². The summed E-state index contributed by atoms with van der Waals surface area (Å²) in [5.41, 5.74) is 1.68. The van der Waals surface area contributed by atoms with Gasteiger partial charge in [-0.3, -0.25) is 9.59 Å². The van der Waals surface area contributed by atoms with E-state index in [1.165, 1.54) is 16.3 Å². The zero-order valence-electron chi connectivity index (χ0n) is 17.5.